The highest BCUT2D eigenvalue weighted by Crippen LogP contribution is 2.09. The van der Waals surface area contributed by atoms with E-state index in [0.717, 1.165) is 24.3 Å². The molecule has 0 saturated carbocycles. The molecule has 0 aliphatic rings. The second-order valence-electron chi connectivity index (χ2n) is 5.50. The minimum Gasteiger partial charge on any atom is -0.336 e. The van der Waals surface area contributed by atoms with Crippen molar-refractivity contribution in [1.82, 2.24) is 15.8 Å². The normalized spacial score (nSPS) is 11.9. The van der Waals surface area contributed by atoms with Crippen molar-refractivity contribution in [2.24, 2.45) is 5.92 Å². The lowest BCUT2D eigenvalue weighted by molar-refractivity contribution is -0.135. The first-order valence-electron chi connectivity index (χ1n) is 7.54. The molecule has 3 amide bonds. The van der Waals surface area contributed by atoms with Gasteiger partial charge in [-0.15, -0.1) is 0 Å². The monoisotopic (exact) mass is 327 g/mol. The van der Waals surface area contributed by atoms with Crippen LogP contribution in [0.25, 0.3) is 0 Å². The van der Waals surface area contributed by atoms with E-state index in [0.29, 0.717) is 6.54 Å². The Balaban J connectivity index is 2.20. The van der Waals surface area contributed by atoms with Crippen LogP contribution in [-0.2, 0) is 11.2 Å². The highest BCUT2D eigenvalue weighted by atomic mass is 19.3. The zero-order chi connectivity index (χ0) is 17.2. The van der Waals surface area contributed by atoms with E-state index in [9.17, 15) is 18.4 Å². The van der Waals surface area contributed by atoms with E-state index in [1.165, 1.54) is 12.6 Å². The SMILES string of the molecule is CC(CCCc1ccccc1)CNC(=O)N(C)NC(=O)C(F)F. The van der Waals surface area contributed by atoms with Crippen LogP contribution in [0.3, 0.4) is 0 Å². The number of hydrogen-bond donors (Lipinski definition) is 2. The predicted octanol–water partition coefficient (Wildman–Crippen LogP) is 2.58. The minimum atomic E-state index is -3.15. The zero-order valence-corrected chi connectivity index (χ0v) is 13.4. The van der Waals surface area contributed by atoms with Crippen LogP contribution in [0.15, 0.2) is 30.3 Å². The number of aryl methyl sites for hydroxylation is 1. The van der Waals surface area contributed by atoms with Gasteiger partial charge in [0, 0.05) is 13.6 Å². The fourth-order valence-electron chi connectivity index (χ4n) is 2.05. The molecule has 1 rings (SSSR count). The van der Waals surface area contributed by atoms with Crippen molar-refractivity contribution in [3.05, 3.63) is 35.9 Å². The van der Waals surface area contributed by atoms with Gasteiger partial charge in [0.2, 0.25) is 0 Å². The van der Waals surface area contributed by atoms with Crippen molar-refractivity contribution in [3.63, 3.8) is 0 Å². The molecule has 0 aliphatic carbocycles. The first kappa shape index (κ1) is 18.9. The number of halogens is 2. The van der Waals surface area contributed by atoms with Crippen molar-refractivity contribution < 1.29 is 18.4 Å². The van der Waals surface area contributed by atoms with E-state index < -0.39 is 18.4 Å². The Morgan fingerprint density at radius 2 is 1.87 bits per heavy atom. The van der Waals surface area contributed by atoms with E-state index in [-0.39, 0.29) is 5.92 Å². The van der Waals surface area contributed by atoms with Crippen LogP contribution in [0.1, 0.15) is 25.3 Å². The standard InChI is InChI=1S/C16H23F2N3O2/c1-12(7-6-10-13-8-4-3-5-9-13)11-19-16(23)21(2)20-15(22)14(17)18/h3-5,8-9,12,14H,6-7,10-11H2,1-2H3,(H,19,23)(H,20,22). The summed E-state index contributed by atoms with van der Waals surface area (Å²) in [4.78, 5) is 22.4. The molecule has 1 unspecified atom stereocenters. The topological polar surface area (TPSA) is 61.4 Å². The van der Waals surface area contributed by atoms with Gasteiger partial charge in [-0.25, -0.2) is 9.80 Å². The Morgan fingerprint density at radius 3 is 2.48 bits per heavy atom. The van der Waals surface area contributed by atoms with Crippen LogP contribution in [0.5, 0.6) is 0 Å². The molecule has 1 aromatic rings. The third kappa shape index (κ3) is 7.58. The van der Waals surface area contributed by atoms with Crippen LogP contribution >= 0.6 is 0 Å². The maximum Gasteiger partial charge on any atom is 0.335 e. The number of hydrazine groups is 1. The number of benzene rings is 1. The van der Waals surface area contributed by atoms with Crippen molar-refractivity contribution in [2.75, 3.05) is 13.6 Å². The van der Waals surface area contributed by atoms with Crippen molar-refractivity contribution in [2.45, 2.75) is 32.6 Å². The average molecular weight is 327 g/mol. The number of nitrogens with one attached hydrogen (secondary N) is 2. The van der Waals surface area contributed by atoms with Crippen molar-refractivity contribution in [1.29, 1.82) is 0 Å². The Bertz CT molecular complexity index is 497. The first-order chi connectivity index (χ1) is 10.9. The number of alkyl halides is 2. The van der Waals surface area contributed by atoms with Gasteiger partial charge in [0.15, 0.2) is 0 Å². The number of carbonyl (C=O) groups excluding carboxylic acids is 2. The molecule has 2 N–H and O–H groups in total. The summed E-state index contributed by atoms with van der Waals surface area (Å²) in [6.07, 6.45) is -0.243. The third-order valence-electron chi connectivity index (χ3n) is 3.39. The number of nitrogens with zero attached hydrogens (tertiary/aromatic N) is 1. The predicted molar refractivity (Wildman–Crippen MR) is 83.9 cm³/mol. The number of rotatable bonds is 7. The molecule has 0 heterocycles. The summed E-state index contributed by atoms with van der Waals surface area (Å²) in [5, 5.41) is 3.33. The molecule has 0 aliphatic heterocycles. The summed E-state index contributed by atoms with van der Waals surface area (Å²) < 4.78 is 24.2. The fraction of sp³-hybridized carbons (Fsp3) is 0.500. The van der Waals surface area contributed by atoms with Crippen LogP contribution in [0.2, 0.25) is 0 Å². The van der Waals surface area contributed by atoms with Gasteiger partial charge in [0.05, 0.1) is 0 Å². The van der Waals surface area contributed by atoms with Gasteiger partial charge >= 0.3 is 18.4 Å². The summed E-state index contributed by atoms with van der Waals surface area (Å²) in [7, 11) is 1.22. The number of urea groups is 1. The zero-order valence-electron chi connectivity index (χ0n) is 13.4. The van der Waals surface area contributed by atoms with E-state index >= 15 is 0 Å². The molecule has 1 aromatic carbocycles. The molecule has 23 heavy (non-hydrogen) atoms. The lowest BCUT2D eigenvalue weighted by Crippen LogP contribution is -2.50. The Labute approximate surface area is 135 Å². The van der Waals surface area contributed by atoms with E-state index in [4.69, 9.17) is 0 Å². The van der Waals surface area contributed by atoms with Gasteiger partial charge in [0.1, 0.15) is 0 Å². The Kier molecular flexibility index (Phi) is 8.01. The highest BCUT2D eigenvalue weighted by Gasteiger charge is 2.19. The van der Waals surface area contributed by atoms with Gasteiger partial charge < -0.3 is 5.32 Å². The summed E-state index contributed by atoms with van der Waals surface area (Å²) in [6.45, 7) is 2.42. The molecule has 0 spiro atoms. The van der Waals surface area contributed by atoms with E-state index in [1.807, 2.05) is 25.1 Å². The number of amides is 3. The highest BCUT2D eigenvalue weighted by molar-refractivity contribution is 5.82. The maximum atomic E-state index is 12.1. The fourth-order valence-corrected chi connectivity index (χ4v) is 2.05. The summed E-state index contributed by atoms with van der Waals surface area (Å²) in [5.74, 6) is -1.25. The quantitative estimate of drug-likeness (QED) is 0.756. The molecule has 0 aromatic heterocycles. The number of carbonyl (C=O) groups is 2. The lowest BCUT2D eigenvalue weighted by Gasteiger charge is -2.20. The molecular weight excluding hydrogens is 304 g/mol. The average Bonchev–Trinajstić information content (AvgIpc) is 2.53. The smallest absolute Gasteiger partial charge is 0.335 e. The molecule has 0 saturated heterocycles. The number of hydrogen-bond acceptors (Lipinski definition) is 2. The molecule has 5 nitrogen and oxygen atoms in total. The largest absolute Gasteiger partial charge is 0.336 e. The third-order valence-corrected chi connectivity index (χ3v) is 3.39. The first-order valence-corrected chi connectivity index (χ1v) is 7.54. The molecule has 128 valence electrons. The van der Waals surface area contributed by atoms with Crippen LogP contribution in [0.4, 0.5) is 13.6 Å². The van der Waals surface area contributed by atoms with Crippen molar-refractivity contribution in [3.8, 4) is 0 Å². The second kappa shape index (κ2) is 9.76. The van der Waals surface area contributed by atoms with Crippen molar-refractivity contribution >= 4 is 11.9 Å². The van der Waals surface area contributed by atoms with Gasteiger partial charge in [-0.2, -0.15) is 8.78 Å². The van der Waals surface area contributed by atoms with Gasteiger partial charge in [0.25, 0.3) is 0 Å². The molecule has 0 bridgehead atoms. The summed E-state index contributed by atoms with van der Waals surface area (Å²) in [5.41, 5.74) is 3.08. The van der Waals surface area contributed by atoms with Crippen LogP contribution in [-0.4, -0.2) is 37.0 Å². The molecular formula is C16H23F2N3O2. The molecule has 7 heteroatoms. The summed E-state index contributed by atoms with van der Waals surface area (Å²) >= 11 is 0. The lowest BCUT2D eigenvalue weighted by atomic mass is 10.0. The molecule has 0 fully saturated rings. The Hall–Kier alpha value is -2.18. The summed E-state index contributed by atoms with van der Waals surface area (Å²) in [6, 6.07) is 9.52. The van der Waals surface area contributed by atoms with Gasteiger partial charge in [-0.3, -0.25) is 10.2 Å². The van der Waals surface area contributed by atoms with Crippen LogP contribution < -0.4 is 10.7 Å². The minimum absolute atomic E-state index is 0.252. The Morgan fingerprint density at radius 1 is 1.22 bits per heavy atom. The van der Waals surface area contributed by atoms with E-state index in [2.05, 4.69) is 17.4 Å². The molecule has 0 radical (unpaired) electrons. The molecule has 1 atom stereocenters. The second-order valence-corrected chi connectivity index (χ2v) is 5.50. The van der Waals surface area contributed by atoms with Crippen LogP contribution in [0, 0.1) is 5.92 Å². The van der Waals surface area contributed by atoms with Gasteiger partial charge in [-0.05, 0) is 30.7 Å². The van der Waals surface area contributed by atoms with E-state index in [1.54, 1.807) is 5.43 Å². The van der Waals surface area contributed by atoms with Gasteiger partial charge in [-0.1, -0.05) is 37.3 Å². The maximum absolute atomic E-state index is 12.1.